The van der Waals surface area contributed by atoms with Crippen molar-refractivity contribution in [1.82, 2.24) is 8.87 Å². The van der Waals surface area contributed by atoms with Crippen molar-refractivity contribution in [3.8, 4) is 0 Å². The Balaban J connectivity index is 1.67. The molecule has 39 heavy (non-hydrogen) atoms. The molecule has 9 heteroatoms. The van der Waals surface area contributed by atoms with Crippen molar-refractivity contribution < 1.29 is 27.1 Å². The van der Waals surface area contributed by atoms with Gasteiger partial charge in [-0.1, -0.05) is 48.0 Å². The van der Waals surface area contributed by atoms with Crippen LogP contribution >= 0.6 is 0 Å². The first kappa shape index (κ1) is 24.8. The lowest BCUT2D eigenvalue weighted by atomic mass is 9.98. The molecule has 0 spiro atoms. The first-order valence-corrected chi connectivity index (χ1v) is 13.7. The van der Waals surface area contributed by atoms with Crippen LogP contribution in [0.15, 0.2) is 83.8 Å². The van der Waals surface area contributed by atoms with Crippen molar-refractivity contribution in [3.63, 3.8) is 0 Å². The summed E-state index contributed by atoms with van der Waals surface area (Å²) in [5, 5.41) is 0.426. The fraction of sp³-hybridized carbons (Fsp3) is 0.133. The number of halogens is 1. The molecule has 6 rings (SSSR count). The molecule has 1 amide bonds. The predicted octanol–water partition coefficient (Wildman–Crippen LogP) is 5.42. The lowest BCUT2D eigenvalue weighted by Crippen LogP contribution is -2.23. The van der Waals surface area contributed by atoms with Crippen molar-refractivity contribution in [2.75, 3.05) is 7.11 Å². The maximum absolute atomic E-state index is 14.6. The molecule has 2 heterocycles. The number of fused-ring (bicyclic) bond motifs is 5. The second-order valence-corrected chi connectivity index (χ2v) is 11.4. The number of benzene rings is 4. The molecular weight excluding hydrogens is 519 g/mol. The van der Waals surface area contributed by atoms with Gasteiger partial charge in [0.05, 0.1) is 34.2 Å². The molecular formula is C30H23FN2O5S. The van der Waals surface area contributed by atoms with Gasteiger partial charge < -0.3 is 9.64 Å². The number of hydrogen-bond acceptors (Lipinski definition) is 5. The largest absolute Gasteiger partial charge is 0.465 e. The average Bonchev–Trinajstić information content (AvgIpc) is 3.43. The molecule has 5 aromatic rings. The lowest BCUT2D eigenvalue weighted by molar-refractivity contribution is 0.0602. The van der Waals surface area contributed by atoms with Gasteiger partial charge in [0.2, 0.25) is 0 Å². The Labute approximate surface area is 224 Å². The van der Waals surface area contributed by atoms with E-state index in [1.54, 1.807) is 23.1 Å². The summed E-state index contributed by atoms with van der Waals surface area (Å²) >= 11 is 0. The number of aromatic nitrogens is 1. The highest BCUT2D eigenvalue weighted by molar-refractivity contribution is 7.90. The quantitative estimate of drug-likeness (QED) is 0.277. The SMILES string of the molecule is COC(=O)c1cc2c(c3c4cc(F)ccc4n(S(=O)(=O)c4ccccc4)c13)C(=O)N(Cc1ccc(C)cc1)C2. The van der Waals surface area contributed by atoms with E-state index >= 15 is 0 Å². The Kier molecular flexibility index (Phi) is 5.76. The summed E-state index contributed by atoms with van der Waals surface area (Å²) in [6.45, 7) is 2.50. The fourth-order valence-electron chi connectivity index (χ4n) is 5.27. The third kappa shape index (κ3) is 3.88. The normalized spacial score (nSPS) is 13.3. The van der Waals surface area contributed by atoms with E-state index in [1.165, 1.54) is 37.4 Å². The number of carbonyl (C=O) groups is 2. The van der Waals surface area contributed by atoms with E-state index in [2.05, 4.69) is 0 Å². The van der Waals surface area contributed by atoms with Gasteiger partial charge in [-0.15, -0.1) is 0 Å². The van der Waals surface area contributed by atoms with Gasteiger partial charge in [-0.3, -0.25) is 4.79 Å². The van der Waals surface area contributed by atoms with Gasteiger partial charge >= 0.3 is 5.97 Å². The van der Waals surface area contributed by atoms with Crippen LogP contribution in [-0.2, 0) is 27.8 Å². The maximum atomic E-state index is 14.6. The van der Waals surface area contributed by atoms with Gasteiger partial charge in [0, 0.05) is 23.9 Å². The topological polar surface area (TPSA) is 85.7 Å². The van der Waals surface area contributed by atoms with Crippen LogP contribution in [0.4, 0.5) is 4.39 Å². The number of nitrogens with zero attached hydrogens (tertiary/aromatic N) is 2. The van der Waals surface area contributed by atoms with Gasteiger partial charge in [-0.05, 0) is 54.4 Å². The molecule has 196 valence electrons. The van der Waals surface area contributed by atoms with Crippen LogP contribution in [0, 0.1) is 12.7 Å². The number of ether oxygens (including phenoxy) is 1. The molecule has 0 radical (unpaired) electrons. The molecule has 0 saturated carbocycles. The minimum Gasteiger partial charge on any atom is -0.465 e. The fourth-order valence-corrected chi connectivity index (χ4v) is 6.83. The summed E-state index contributed by atoms with van der Waals surface area (Å²) in [5.74, 6) is -1.69. The van der Waals surface area contributed by atoms with Crippen molar-refractivity contribution in [1.29, 1.82) is 0 Å². The van der Waals surface area contributed by atoms with Crippen LogP contribution in [0.2, 0.25) is 0 Å². The zero-order valence-corrected chi connectivity index (χ0v) is 22.0. The van der Waals surface area contributed by atoms with Crippen LogP contribution in [0.25, 0.3) is 21.8 Å². The minimum atomic E-state index is -4.27. The highest BCUT2D eigenvalue weighted by atomic mass is 32.2. The molecule has 0 fully saturated rings. The Morgan fingerprint density at radius 3 is 2.41 bits per heavy atom. The predicted molar refractivity (Wildman–Crippen MR) is 145 cm³/mol. The maximum Gasteiger partial charge on any atom is 0.340 e. The van der Waals surface area contributed by atoms with Gasteiger partial charge in [0.15, 0.2) is 0 Å². The first-order valence-electron chi connectivity index (χ1n) is 12.2. The molecule has 1 aromatic heterocycles. The highest BCUT2D eigenvalue weighted by Crippen LogP contribution is 2.41. The molecule has 0 N–H and O–H groups in total. The van der Waals surface area contributed by atoms with E-state index in [9.17, 15) is 22.4 Å². The second-order valence-electron chi connectivity index (χ2n) is 9.56. The summed E-state index contributed by atoms with van der Waals surface area (Å²) in [7, 11) is -3.06. The minimum absolute atomic E-state index is 0.0169. The third-order valence-electron chi connectivity index (χ3n) is 7.07. The highest BCUT2D eigenvalue weighted by Gasteiger charge is 2.36. The lowest BCUT2D eigenvalue weighted by Gasteiger charge is -2.15. The smallest absolute Gasteiger partial charge is 0.340 e. The summed E-state index contributed by atoms with van der Waals surface area (Å²) in [6, 6.07) is 20.8. The first-order chi connectivity index (χ1) is 18.7. The number of amides is 1. The van der Waals surface area contributed by atoms with E-state index in [4.69, 9.17) is 4.74 Å². The number of methoxy groups -OCH3 is 1. The van der Waals surface area contributed by atoms with Crippen molar-refractivity contribution in [3.05, 3.63) is 112 Å². The molecule has 0 atom stereocenters. The van der Waals surface area contributed by atoms with Crippen LogP contribution in [0.5, 0.6) is 0 Å². The van der Waals surface area contributed by atoms with Gasteiger partial charge in [-0.2, -0.15) is 0 Å². The van der Waals surface area contributed by atoms with Crippen molar-refractivity contribution in [2.24, 2.45) is 0 Å². The van der Waals surface area contributed by atoms with Crippen LogP contribution in [-0.4, -0.2) is 36.3 Å². The van der Waals surface area contributed by atoms with Gasteiger partial charge in [0.25, 0.3) is 15.9 Å². The molecule has 0 saturated heterocycles. The standard InChI is InChI=1S/C30H23FN2O5S/c1-18-8-10-19(11-9-18)16-32-17-20-14-24(30(35)38-2)28-27(26(20)29(32)34)23-15-21(31)12-13-25(23)33(28)39(36,37)22-6-4-3-5-7-22/h3-15H,16-17H2,1-2H3. The van der Waals surface area contributed by atoms with Crippen molar-refractivity contribution in [2.45, 2.75) is 24.9 Å². The van der Waals surface area contributed by atoms with Gasteiger partial charge in [-0.25, -0.2) is 21.6 Å². The zero-order valence-electron chi connectivity index (χ0n) is 21.1. The van der Waals surface area contributed by atoms with Crippen molar-refractivity contribution >= 4 is 43.7 Å². The molecule has 0 aliphatic carbocycles. The van der Waals surface area contributed by atoms with E-state index in [0.29, 0.717) is 12.1 Å². The van der Waals surface area contributed by atoms with Crippen LogP contribution in [0.3, 0.4) is 0 Å². The Bertz CT molecular complexity index is 1910. The molecule has 0 bridgehead atoms. The summed E-state index contributed by atoms with van der Waals surface area (Å²) < 4.78 is 48.7. The monoisotopic (exact) mass is 542 g/mol. The zero-order chi connectivity index (χ0) is 27.5. The number of esters is 1. The van der Waals surface area contributed by atoms with E-state index < -0.39 is 21.8 Å². The van der Waals surface area contributed by atoms with E-state index in [1.807, 2.05) is 31.2 Å². The molecule has 7 nitrogen and oxygen atoms in total. The summed E-state index contributed by atoms with van der Waals surface area (Å²) in [6.07, 6.45) is 0. The molecule has 4 aromatic carbocycles. The number of rotatable bonds is 5. The van der Waals surface area contributed by atoms with Gasteiger partial charge in [0.1, 0.15) is 5.82 Å². The van der Waals surface area contributed by atoms with E-state index in [0.717, 1.165) is 21.2 Å². The van der Waals surface area contributed by atoms with Crippen LogP contribution in [0.1, 0.15) is 37.4 Å². The number of hydrogen-bond donors (Lipinski definition) is 0. The van der Waals surface area contributed by atoms with Crippen LogP contribution < -0.4 is 0 Å². The third-order valence-corrected chi connectivity index (χ3v) is 8.80. The Morgan fingerprint density at radius 1 is 1.00 bits per heavy atom. The molecule has 1 aliphatic rings. The number of aryl methyl sites for hydroxylation is 1. The summed E-state index contributed by atoms with van der Waals surface area (Å²) in [5.41, 5.74) is 2.92. The molecule has 0 unspecified atom stereocenters. The Hall–Kier alpha value is -4.50. The van der Waals surface area contributed by atoms with E-state index in [-0.39, 0.29) is 50.3 Å². The average molecular weight is 543 g/mol. The molecule has 1 aliphatic heterocycles. The summed E-state index contributed by atoms with van der Waals surface area (Å²) in [4.78, 5) is 28.5. The Morgan fingerprint density at radius 2 is 1.72 bits per heavy atom. The number of carbonyl (C=O) groups excluding carboxylic acids is 2. The second kappa shape index (κ2) is 9.06.